The number of carbonyl (C=O) groups is 2. The summed E-state index contributed by atoms with van der Waals surface area (Å²) in [6.07, 6.45) is 4.08. The number of carboxylic acid groups (broad SMARTS) is 1. The van der Waals surface area contributed by atoms with Gasteiger partial charge < -0.3 is 10.4 Å². The van der Waals surface area contributed by atoms with Crippen LogP contribution in [0.2, 0.25) is 0 Å². The van der Waals surface area contributed by atoms with Gasteiger partial charge in [-0.15, -0.1) is 0 Å². The highest BCUT2D eigenvalue weighted by molar-refractivity contribution is 6.01. The number of aliphatic carboxylic acids is 1. The fourth-order valence-corrected chi connectivity index (χ4v) is 1.81. The zero-order valence-electron chi connectivity index (χ0n) is 9.59. The van der Waals surface area contributed by atoms with E-state index in [4.69, 9.17) is 5.11 Å². The Morgan fingerprint density at radius 1 is 1.27 bits per heavy atom. The van der Waals surface area contributed by atoms with Crippen LogP contribution in [0.3, 0.4) is 0 Å². The van der Waals surface area contributed by atoms with Crippen LogP contribution in [0.25, 0.3) is 0 Å². The molecule has 4 nitrogen and oxygen atoms in total. The highest BCUT2D eigenvalue weighted by atomic mass is 16.4. The van der Waals surface area contributed by atoms with Gasteiger partial charge in [-0.1, -0.05) is 12.8 Å². The molecule has 2 N–H and O–H groups in total. The van der Waals surface area contributed by atoms with Gasteiger partial charge in [0.1, 0.15) is 5.41 Å². The van der Waals surface area contributed by atoms with Crippen LogP contribution in [-0.2, 0) is 9.59 Å². The van der Waals surface area contributed by atoms with E-state index in [1.165, 1.54) is 13.8 Å². The number of rotatable bonds is 3. The van der Waals surface area contributed by atoms with Crippen molar-refractivity contribution < 1.29 is 14.7 Å². The summed E-state index contributed by atoms with van der Waals surface area (Å²) in [5.41, 5.74) is -1.55. The van der Waals surface area contributed by atoms with E-state index in [0.717, 1.165) is 25.7 Å². The lowest BCUT2D eigenvalue weighted by atomic mass is 9.90. The van der Waals surface area contributed by atoms with E-state index in [9.17, 15) is 9.59 Å². The molecule has 15 heavy (non-hydrogen) atoms. The van der Waals surface area contributed by atoms with E-state index >= 15 is 0 Å². The maximum atomic E-state index is 11.8. The van der Waals surface area contributed by atoms with Gasteiger partial charge in [0.15, 0.2) is 0 Å². The van der Waals surface area contributed by atoms with Crippen LogP contribution in [0.15, 0.2) is 0 Å². The van der Waals surface area contributed by atoms with Crippen LogP contribution in [0.4, 0.5) is 0 Å². The standard InChI is InChI=1S/C11H19NO3/c1-10(2,9(14)15)8(13)12-11(3)6-4-5-7-11/h4-7H2,1-3H3,(H,12,13)(H,14,15). The van der Waals surface area contributed by atoms with Crippen molar-refractivity contribution in [2.45, 2.75) is 52.0 Å². The minimum Gasteiger partial charge on any atom is -0.480 e. The van der Waals surface area contributed by atoms with Crippen molar-refractivity contribution >= 4 is 11.9 Å². The molecule has 0 radical (unpaired) electrons. The van der Waals surface area contributed by atoms with Crippen molar-refractivity contribution in [3.05, 3.63) is 0 Å². The number of carbonyl (C=O) groups excluding carboxylic acids is 1. The smallest absolute Gasteiger partial charge is 0.318 e. The monoisotopic (exact) mass is 213 g/mol. The zero-order chi connectivity index (χ0) is 11.7. The highest BCUT2D eigenvalue weighted by Gasteiger charge is 2.40. The summed E-state index contributed by atoms with van der Waals surface area (Å²) in [5, 5.41) is 11.8. The fraction of sp³-hybridized carbons (Fsp3) is 0.818. The average Bonchev–Trinajstić information content (AvgIpc) is 2.51. The second-order valence-corrected chi connectivity index (χ2v) is 5.15. The Balaban J connectivity index is 2.66. The van der Waals surface area contributed by atoms with Crippen molar-refractivity contribution in [2.24, 2.45) is 5.41 Å². The van der Waals surface area contributed by atoms with E-state index in [2.05, 4.69) is 5.32 Å². The van der Waals surface area contributed by atoms with E-state index in [-0.39, 0.29) is 11.4 Å². The Morgan fingerprint density at radius 2 is 1.73 bits per heavy atom. The van der Waals surface area contributed by atoms with Crippen molar-refractivity contribution in [1.82, 2.24) is 5.32 Å². The Morgan fingerprint density at radius 3 is 2.13 bits per heavy atom. The summed E-state index contributed by atoms with van der Waals surface area (Å²) >= 11 is 0. The van der Waals surface area contributed by atoms with Gasteiger partial charge in [0.25, 0.3) is 0 Å². The van der Waals surface area contributed by atoms with Gasteiger partial charge in [0.05, 0.1) is 0 Å². The molecule has 86 valence electrons. The number of amides is 1. The summed E-state index contributed by atoms with van der Waals surface area (Å²) in [6, 6.07) is 0. The molecule has 1 rings (SSSR count). The van der Waals surface area contributed by atoms with E-state index in [1.807, 2.05) is 6.92 Å². The van der Waals surface area contributed by atoms with Crippen LogP contribution >= 0.6 is 0 Å². The van der Waals surface area contributed by atoms with Gasteiger partial charge in [-0.05, 0) is 33.6 Å². The van der Waals surface area contributed by atoms with Gasteiger partial charge in [-0.3, -0.25) is 9.59 Å². The summed E-state index contributed by atoms with van der Waals surface area (Å²) in [7, 11) is 0. The molecule has 0 atom stereocenters. The van der Waals surface area contributed by atoms with Crippen LogP contribution < -0.4 is 5.32 Å². The van der Waals surface area contributed by atoms with E-state index in [0.29, 0.717) is 0 Å². The summed E-state index contributed by atoms with van der Waals surface area (Å²) in [5.74, 6) is -1.47. The van der Waals surface area contributed by atoms with E-state index in [1.54, 1.807) is 0 Å². The Hall–Kier alpha value is -1.06. The fourth-order valence-electron chi connectivity index (χ4n) is 1.81. The molecular formula is C11H19NO3. The molecule has 1 aliphatic carbocycles. The first-order chi connectivity index (χ1) is 6.78. The molecular weight excluding hydrogens is 194 g/mol. The van der Waals surface area contributed by atoms with Crippen molar-refractivity contribution in [1.29, 1.82) is 0 Å². The number of hydrogen-bond donors (Lipinski definition) is 2. The number of nitrogens with one attached hydrogen (secondary N) is 1. The van der Waals surface area contributed by atoms with Crippen molar-refractivity contribution in [3.63, 3.8) is 0 Å². The quantitative estimate of drug-likeness (QED) is 0.699. The largest absolute Gasteiger partial charge is 0.480 e. The first-order valence-electron chi connectivity index (χ1n) is 5.34. The van der Waals surface area contributed by atoms with E-state index < -0.39 is 11.4 Å². The maximum Gasteiger partial charge on any atom is 0.318 e. The summed E-state index contributed by atoms with van der Waals surface area (Å²) in [4.78, 5) is 22.7. The molecule has 0 spiro atoms. The molecule has 1 aliphatic rings. The maximum absolute atomic E-state index is 11.8. The molecule has 0 aromatic rings. The Kier molecular flexibility index (Phi) is 3.07. The molecule has 1 fully saturated rings. The second kappa shape index (κ2) is 3.83. The number of hydrogen-bond acceptors (Lipinski definition) is 2. The topological polar surface area (TPSA) is 66.4 Å². The van der Waals surface area contributed by atoms with Gasteiger partial charge in [-0.25, -0.2) is 0 Å². The number of carboxylic acids is 1. The van der Waals surface area contributed by atoms with Gasteiger partial charge in [0, 0.05) is 5.54 Å². The third-order valence-corrected chi connectivity index (χ3v) is 3.22. The van der Waals surface area contributed by atoms with Crippen LogP contribution in [-0.4, -0.2) is 22.5 Å². The molecule has 0 aliphatic heterocycles. The molecule has 1 amide bonds. The third kappa shape index (κ3) is 2.49. The lowest BCUT2D eigenvalue weighted by Crippen LogP contribution is -2.51. The summed E-state index contributed by atoms with van der Waals surface area (Å²) in [6.45, 7) is 4.85. The first-order valence-corrected chi connectivity index (χ1v) is 5.34. The van der Waals surface area contributed by atoms with Gasteiger partial charge in [-0.2, -0.15) is 0 Å². The Bertz CT molecular complexity index is 278. The van der Waals surface area contributed by atoms with Crippen LogP contribution in [0, 0.1) is 5.41 Å². The molecule has 0 heterocycles. The Labute approximate surface area is 90.0 Å². The van der Waals surface area contributed by atoms with Gasteiger partial charge >= 0.3 is 5.97 Å². The van der Waals surface area contributed by atoms with Crippen LogP contribution in [0.1, 0.15) is 46.5 Å². The van der Waals surface area contributed by atoms with Crippen molar-refractivity contribution in [2.75, 3.05) is 0 Å². The minimum atomic E-state index is -1.34. The lowest BCUT2D eigenvalue weighted by Gasteiger charge is -2.29. The van der Waals surface area contributed by atoms with Gasteiger partial charge in [0.2, 0.25) is 5.91 Å². The molecule has 0 bridgehead atoms. The highest BCUT2D eigenvalue weighted by Crippen LogP contribution is 2.30. The molecule has 0 aromatic carbocycles. The molecule has 0 saturated heterocycles. The molecule has 1 saturated carbocycles. The molecule has 4 heteroatoms. The zero-order valence-corrected chi connectivity index (χ0v) is 9.59. The second-order valence-electron chi connectivity index (χ2n) is 5.15. The van der Waals surface area contributed by atoms with Crippen LogP contribution in [0.5, 0.6) is 0 Å². The average molecular weight is 213 g/mol. The normalized spacial score (nSPS) is 19.9. The predicted molar refractivity (Wildman–Crippen MR) is 56.4 cm³/mol. The SMILES string of the molecule is CC1(NC(=O)C(C)(C)C(=O)O)CCCC1. The van der Waals surface area contributed by atoms with Crippen molar-refractivity contribution in [3.8, 4) is 0 Å². The third-order valence-electron chi connectivity index (χ3n) is 3.22. The predicted octanol–water partition coefficient (Wildman–Crippen LogP) is 1.55. The minimum absolute atomic E-state index is 0.205. The summed E-state index contributed by atoms with van der Waals surface area (Å²) < 4.78 is 0. The first kappa shape index (κ1) is 12.0. The molecule has 0 aromatic heterocycles. The molecule has 0 unspecified atom stereocenters. The lowest BCUT2D eigenvalue weighted by molar-refractivity contribution is -0.154.